The van der Waals surface area contributed by atoms with Crippen molar-refractivity contribution >= 4 is 27.6 Å². The first-order valence-corrected chi connectivity index (χ1v) is 8.76. The van der Waals surface area contributed by atoms with Gasteiger partial charge < -0.3 is 5.43 Å². The van der Waals surface area contributed by atoms with E-state index in [1.807, 2.05) is 11.8 Å². The number of nitrogens with one attached hydrogen (secondary N) is 2. The number of sulfonamides is 1. The molecule has 0 aromatic carbocycles. The van der Waals surface area contributed by atoms with Crippen molar-refractivity contribution in [3.8, 4) is 0 Å². The smallest absolute Gasteiger partial charge is 0.244 e. The summed E-state index contributed by atoms with van der Waals surface area (Å²) in [4.78, 5) is 3.99. The third-order valence-electron chi connectivity index (χ3n) is 3.10. The molecule has 4 N–H and O–H groups in total. The van der Waals surface area contributed by atoms with Crippen LogP contribution in [0, 0.1) is 5.92 Å². The van der Waals surface area contributed by atoms with Crippen LogP contribution in [0.2, 0.25) is 0 Å². The molecule has 0 amide bonds. The molecule has 1 saturated heterocycles. The first-order valence-electron chi connectivity index (χ1n) is 6.12. The molecule has 2 rings (SSSR count). The van der Waals surface area contributed by atoms with E-state index in [9.17, 15) is 8.42 Å². The third-order valence-corrected chi connectivity index (χ3v) is 5.60. The van der Waals surface area contributed by atoms with Gasteiger partial charge in [0.2, 0.25) is 10.0 Å². The van der Waals surface area contributed by atoms with Gasteiger partial charge >= 0.3 is 0 Å². The Morgan fingerprint density at radius 2 is 2.16 bits per heavy atom. The van der Waals surface area contributed by atoms with Gasteiger partial charge in [0.05, 0.1) is 0 Å². The summed E-state index contributed by atoms with van der Waals surface area (Å²) in [6.45, 7) is 0.474. The van der Waals surface area contributed by atoms with Crippen LogP contribution in [0.1, 0.15) is 12.8 Å². The lowest BCUT2D eigenvalue weighted by Gasteiger charge is -2.21. The van der Waals surface area contributed by atoms with Gasteiger partial charge in [-0.15, -0.1) is 0 Å². The van der Waals surface area contributed by atoms with Gasteiger partial charge in [-0.3, -0.25) is 0 Å². The number of pyridine rings is 1. The summed E-state index contributed by atoms with van der Waals surface area (Å²) in [7, 11) is -3.56. The zero-order chi connectivity index (χ0) is 13.7. The standard InChI is InChI=1S/C11H18N4O2S2/c12-15-11-10(2-1-5-13-11)19(16,17)14-8-9-3-6-18-7-4-9/h1-2,5,9,14H,3-4,6-8,12H2,(H,13,15). The SMILES string of the molecule is NNc1ncccc1S(=O)(=O)NCC1CCSCC1. The Balaban J connectivity index is 2.05. The summed E-state index contributed by atoms with van der Waals surface area (Å²) in [5.41, 5.74) is 2.31. The number of nitrogens with zero attached hydrogens (tertiary/aromatic N) is 1. The lowest BCUT2D eigenvalue weighted by atomic mass is 10.0. The second-order valence-electron chi connectivity index (χ2n) is 4.40. The lowest BCUT2D eigenvalue weighted by molar-refractivity contribution is 0.476. The number of thioether (sulfide) groups is 1. The maximum Gasteiger partial charge on any atom is 0.244 e. The molecule has 0 atom stereocenters. The Hall–Kier alpha value is -0.830. The van der Waals surface area contributed by atoms with Crippen LogP contribution < -0.4 is 16.0 Å². The molecule has 0 unspecified atom stereocenters. The van der Waals surface area contributed by atoms with Crippen LogP contribution >= 0.6 is 11.8 Å². The van der Waals surface area contributed by atoms with Gasteiger partial charge in [0.1, 0.15) is 4.90 Å². The summed E-state index contributed by atoms with van der Waals surface area (Å²) >= 11 is 1.92. The van der Waals surface area contributed by atoms with Crippen molar-refractivity contribution in [2.45, 2.75) is 17.7 Å². The highest BCUT2D eigenvalue weighted by atomic mass is 32.2. The summed E-state index contributed by atoms with van der Waals surface area (Å²) in [6.07, 6.45) is 3.61. The Kier molecular flexibility index (Phi) is 5.03. The van der Waals surface area contributed by atoms with Crippen molar-refractivity contribution in [1.82, 2.24) is 9.71 Å². The van der Waals surface area contributed by atoms with E-state index in [0.29, 0.717) is 12.5 Å². The van der Waals surface area contributed by atoms with Gasteiger partial charge in [-0.1, -0.05) is 0 Å². The number of rotatable bonds is 5. The second-order valence-corrected chi connectivity index (χ2v) is 7.36. The van der Waals surface area contributed by atoms with E-state index in [1.165, 1.54) is 12.3 Å². The molecule has 0 saturated carbocycles. The molecule has 1 fully saturated rings. The number of hydrazine groups is 1. The van der Waals surface area contributed by atoms with Crippen molar-refractivity contribution in [3.63, 3.8) is 0 Å². The molecule has 8 heteroatoms. The fraction of sp³-hybridized carbons (Fsp3) is 0.545. The third kappa shape index (κ3) is 3.82. The quantitative estimate of drug-likeness (QED) is 0.549. The predicted octanol–water partition coefficient (Wildman–Crippen LogP) is 0.789. The second kappa shape index (κ2) is 6.56. The van der Waals surface area contributed by atoms with Crippen molar-refractivity contribution in [1.29, 1.82) is 0 Å². The molecular formula is C11H18N4O2S2. The first kappa shape index (κ1) is 14.6. The molecule has 1 aliphatic rings. The molecule has 0 bridgehead atoms. The van der Waals surface area contributed by atoms with Crippen LogP contribution in [0.25, 0.3) is 0 Å². The summed E-state index contributed by atoms with van der Waals surface area (Å²) < 4.78 is 27.1. The normalized spacial score (nSPS) is 17.3. The van der Waals surface area contributed by atoms with E-state index in [0.717, 1.165) is 24.3 Å². The van der Waals surface area contributed by atoms with Crippen molar-refractivity contribution < 1.29 is 8.42 Å². The minimum absolute atomic E-state index is 0.0858. The molecule has 1 aromatic heterocycles. The molecule has 0 aliphatic carbocycles. The molecular weight excluding hydrogens is 284 g/mol. The van der Waals surface area contributed by atoms with E-state index >= 15 is 0 Å². The van der Waals surface area contributed by atoms with Crippen molar-refractivity contribution in [2.75, 3.05) is 23.5 Å². The van der Waals surface area contributed by atoms with Gasteiger partial charge in [0.15, 0.2) is 5.82 Å². The highest BCUT2D eigenvalue weighted by Crippen LogP contribution is 2.23. The van der Waals surface area contributed by atoms with E-state index < -0.39 is 10.0 Å². The maximum atomic E-state index is 12.2. The van der Waals surface area contributed by atoms with Crippen LogP contribution in [0.15, 0.2) is 23.2 Å². The average molecular weight is 302 g/mol. The summed E-state index contributed by atoms with van der Waals surface area (Å²) in [5.74, 6) is 8.07. The summed E-state index contributed by atoms with van der Waals surface area (Å²) in [5, 5.41) is 0. The molecule has 0 radical (unpaired) electrons. The molecule has 1 aliphatic heterocycles. The van der Waals surface area contributed by atoms with Crippen LogP contribution in [-0.4, -0.2) is 31.5 Å². The van der Waals surface area contributed by atoms with Crippen LogP contribution in [0.4, 0.5) is 5.82 Å². The van der Waals surface area contributed by atoms with Gasteiger partial charge in [-0.05, 0) is 42.4 Å². The summed E-state index contributed by atoms with van der Waals surface area (Å²) in [6, 6.07) is 3.06. The molecule has 106 valence electrons. The van der Waals surface area contributed by atoms with Gasteiger partial charge in [-0.2, -0.15) is 11.8 Å². The number of nitrogen functional groups attached to an aromatic ring is 1. The Bertz CT molecular complexity index is 515. The largest absolute Gasteiger partial charge is 0.307 e. The van der Waals surface area contributed by atoms with Crippen molar-refractivity contribution in [3.05, 3.63) is 18.3 Å². The molecule has 0 spiro atoms. The monoisotopic (exact) mass is 302 g/mol. The highest BCUT2D eigenvalue weighted by Gasteiger charge is 2.21. The minimum atomic E-state index is -3.56. The number of hydrogen-bond donors (Lipinski definition) is 3. The minimum Gasteiger partial charge on any atom is -0.307 e. The molecule has 1 aromatic rings. The maximum absolute atomic E-state index is 12.2. The zero-order valence-electron chi connectivity index (χ0n) is 10.5. The number of nitrogens with two attached hydrogens (primary N) is 1. The fourth-order valence-corrected chi connectivity index (χ4v) is 4.41. The Labute approximate surface area is 117 Å². The fourth-order valence-electron chi connectivity index (χ4n) is 1.97. The Morgan fingerprint density at radius 3 is 2.84 bits per heavy atom. The van der Waals surface area contributed by atoms with E-state index in [4.69, 9.17) is 5.84 Å². The van der Waals surface area contributed by atoms with E-state index in [2.05, 4.69) is 15.1 Å². The van der Waals surface area contributed by atoms with Crippen LogP contribution in [-0.2, 0) is 10.0 Å². The van der Waals surface area contributed by atoms with Crippen molar-refractivity contribution in [2.24, 2.45) is 11.8 Å². The Morgan fingerprint density at radius 1 is 1.42 bits per heavy atom. The first-order chi connectivity index (χ1) is 9.13. The lowest BCUT2D eigenvalue weighted by Crippen LogP contribution is -2.32. The van der Waals surface area contributed by atoms with Crippen LogP contribution in [0.3, 0.4) is 0 Å². The van der Waals surface area contributed by atoms with Gasteiger partial charge in [0.25, 0.3) is 0 Å². The number of aromatic nitrogens is 1. The molecule has 2 heterocycles. The predicted molar refractivity (Wildman–Crippen MR) is 77.3 cm³/mol. The van der Waals surface area contributed by atoms with Gasteiger partial charge in [-0.25, -0.2) is 24.0 Å². The average Bonchev–Trinajstić information content (AvgIpc) is 2.46. The zero-order valence-corrected chi connectivity index (χ0v) is 12.1. The highest BCUT2D eigenvalue weighted by molar-refractivity contribution is 7.99. The number of anilines is 1. The molecule has 6 nitrogen and oxygen atoms in total. The molecule has 19 heavy (non-hydrogen) atoms. The van der Waals surface area contributed by atoms with E-state index in [1.54, 1.807) is 6.07 Å². The topological polar surface area (TPSA) is 97.1 Å². The van der Waals surface area contributed by atoms with E-state index in [-0.39, 0.29) is 10.7 Å². The van der Waals surface area contributed by atoms with Gasteiger partial charge in [0, 0.05) is 12.7 Å². The van der Waals surface area contributed by atoms with Crippen LogP contribution in [0.5, 0.6) is 0 Å². The number of hydrogen-bond acceptors (Lipinski definition) is 6.